The van der Waals surface area contributed by atoms with Crippen LogP contribution in [0.2, 0.25) is 0 Å². The number of thioether (sulfide) groups is 1. The Labute approximate surface area is 150 Å². The minimum Gasteiger partial charge on any atom is -0.335 e. The van der Waals surface area contributed by atoms with Crippen molar-refractivity contribution in [2.45, 2.75) is 5.16 Å². The molecule has 0 spiro atoms. The molecule has 134 valence electrons. The van der Waals surface area contributed by atoms with E-state index in [4.69, 9.17) is 5.84 Å². The molecule has 10 heteroatoms. The summed E-state index contributed by atoms with van der Waals surface area (Å²) in [6, 6.07) is 8.51. The van der Waals surface area contributed by atoms with E-state index in [1.54, 1.807) is 6.07 Å². The van der Waals surface area contributed by atoms with Gasteiger partial charge in [0.15, 0.2) is 5.82 Å². The Morgan fingerprint density at radius 2 is 1.88 bits per heavy atom. The molecule has 0 saturated heterocycles. The summed E-state index contributed by atoms with van der Waals surface area (Å²) in [4.78, 5) is 11.9. The second-order valence-corrected chi connectivity index (χ2v) is 6.09. The molecule has 0 atom stereocenters. The number of benzene rings is 2. The zero-order valence-electron chi connectivity index (χ0n) is 13.1. The van der Waals surface area contributed by atoms with Crippen molar-refractivity contribution in [3.05, 3.63) is 59.9 Å². The minimum atomic E-state index is -0.876. The van der Waals surface area contributed by atoms with Crippen LogP contribution in [0.1, 0.15) is 0 Å². The van der Waals surface area contributed by atoms with Gasteiger partial charge in [0.1, 0.15) is 17.5 Å². The lowest BCUT2D eigenvalue weighted by Gasteiger charge is -2.06. The van der Waals surface area contributed by atoms with Crippen molar-refractivity contribution in [1.82, 2.24) is 14.9 Å². The Morgan fingerprint density at radius 1 is 1.12 bits per heavy atom. The number of hydrogen-bond donors (Lipinski definition) is 2. The molecule has 3 rings (SSSR count). The Hall–Kier alpha value is -3.01. The van der Waals surface area contributed by atoms with Gasteiger partial charge in [-0.25, -0.2) is 17.8 Å². The number of carbonyl (C=O) groups excluding carboxylic acids is 1. The van der Waals surface area contributed by atoms with Crippen LogP contribution in [0.3, 0.4) is 0 Å². The van der Waals surface area contributed by atoms with Gasteiger partial charge in [-0.3, -0.25) is 4.79 Å². The van der Waals surface area contributed by atoms with Crippen LogP contribution in [0, 0.1) is 17.5 Å². The fraction of sp³-hybridized carbons (Fsp3) is 0.0625. The molecule has 0 radical (unpaired) electrons. The summed E-state index contributed by atoms with van der Waals surface area (Å²) in [7, 11) is 0. The van der Waals surface area contributed by atoms with Gasteiger partial charge in [0.2, 0.25) is 11.1 Å². The van der Waals surface area contributed by atoms with Gasteiger partial charge < -0.3 is 11.2 Å². The number of halogens is 3. The first-order valence-corrected chi connectivity index (χ1v) is 8.27. The van der Waals surface area contributed by atoms with Gasteiger partial charge in [0.05, 0.1) is 11.4 Å². The predicted octanol–water partition coefficient (Wildman–Crippen LogP) is 2.81. The Balaban J connectivity index is 1.66. The summed E-state index contributed by atoms with van der Waals surface area (Å²) < 4.78 is 40.8. The second-order valence-electron chi connectivity index (χ2n) is 5.15. The van der Waals surface area contributed by atoms with Gasteiger partial charge in [0.25, 0.3) is 0 Å². The lowest BCUT2D eigenvalue weighted by Crippen LogP contribution is -2.17. The van der Waals surface area contributed by atoms with Gasteiger partial charge in [-0.15, -0.1) is 10.2 Å². The first kappa shape index (κ1) is 17.8. The fourth-order valence-corrected chi connectivity index (χ4v) is 2.76. The van der Waals surface area contributed by atoms with Crippen molar-refractivity contribution in [2.24, 2.45) is 0 Å². The molecular formula is C16H12F3N5OS. The zero-order chi connectivity index (χ0) is 18.7. The number of anilines is 1. The number of nitrogens with zero attached hydrogens (tertiary/aromatic N) is 3. The summed E-state index contributed by atoms with van der Waals surface area (Å²) in [5, 5.41) is 10.3. The monoisotopic (exact) mass is 379 g/mol. The molecule has 3 aromatic rings. The third-order valence-corrected chi connectivity index (χ3v) is 4.23. The molecule has 2 aromatic carbocycles. The van der Waals surface area contributed by atoms with Gasteiger partial charge in [-0.05, 0) is 24.3 Å². The normalized spacial score (nSPS) is 10.7. The highest BCUT2D eigenvalue weighted by Gasteiger charge is 2.15. The molecule has 0 saturated carbocycles. The van der Waals surface area contributed by atoms with E-state index in [0.29, 0.717) is 11.6 Å². The maximum atomic E-state index is 13.5. The van der Waals surface area contributed by atoms with E-state index in [1.165, 1.54) is 18.2 Å². The molecule has 1 aromatic heterocycles. The molecule has 1 heterocycles. The van der Waals surface area contributed by atoms with Crippen LogP contribution < -0.4 is 11.2 Å². The minimum absolute atomic E-state index is 0.130. The number of aromatic nitrogens is 3. The Morgan fingerprint density at radius 3 is 2.62 bits per heavy atom. The molecule has 0 aliphatic carbocycles. The highest BCUT2D eigenvalue weighted by atomic mass is 32.2. The van der Waals surface area contributed by atoms with Crippen molar-refractivity contribution >= 4 is 23.4 Å². The van der Waals surface area contributed by atoms with Crippen LogP contribution in [0.4, 0.5) is 18.9 Å². The van der Waals surface area contributed by atoms with Crippen LogP contribution in [-0.4, -0.2) is 26.5 Å². The summed E-state index contributed by atoms with van der Waals surface area (Å²) in [5.74, 6) is 3.39. The number of nitrogen functional groups attached to an aromatic ring is 1. The van der Waals surface area contributed by atoms with E-state index in [-0.39, 0.29) is 22.4 Å². The van der Waals surface area contributed by atoms with Gasteiger partial charge in [-0.1, -0.05) is 23.9 Å². The highest BCUT2D eigenvalue weighted by Crippen LogP contribution is 2.22. The molecule has 3 N–H and O–H groups in total. The number of carbonyl (C=O) groups is 1. The third kappa shape index (κ3) is 3.97. The van der Waals surface area contributed by atoms with Crippen molar-refractivity contribution < 1.29 is 18.0 Å². The molecule has 0 aliphatic heterocycles. The van der Waals surface area contributed by atoms with Gasteiger partial charge in [0, 0.05) is 11.6 Å². The summed E-state index contributed by atoms with van der Waals surface area (Å²) >= 11 is 0.965. The van der Waals surface area contributed by atoms with E-state index in [9.17, 15) is 18.0 Å². The highest BCUT2D eigenvalue weighted by molar-refractivity contribution is 7.99. The first-order chi connectivity index (χ1) is 12.4. The Kier molecular flexibility index (Phi) is 5.12. The molecule has 6 nitrogen and oxygen atoms in total. The topological polar surface area (TPSA) is 85.8 Å². The van der Waals surface area contributed by atoms with E-state index in [2.05, 4.69) is 15.5 Å². The van der Waals surface area contributed by atoms with Crippen LogP contribution >= 0.6 is 11.8 Å². The third-order valence-electron chi connectivity index (χ3n) is 3.28. The molecular weight excluding hydrogens is 367 g/mol. The summed E-state index contributed by atoms with van der Waals surface area (Å²) in [6.45, 7) is 0. The molecule has 0 unspecified atom stereocenters. The van der Waals surface area contributed by atoms with Crippen LogP contribution in [0.15, 0.2) is 47.6 Å². The molecule has 1 amide bonds. The largest absolute Gasteiger partial charge is 0.335 e. The number of nitrogens with one attached hydrogen (secondary N) is 1. The predicted molar refractivity (Wildman–Crippen MR) is 91.3 cm³/mol. The molecule has 0 aliphatic rings. The van der Waals surface area contributed by atoms with Crippen LogP contribution in [0.25, 0.3) is 11.4 Å². The van der Waals surface area contributed by atoms with Crippen LogP contribution in [-0.2, 0) is 4.79 Å². The van der Waals surface area contributed by atoms with E-state index >= 15 is 0 Å². The summed E-state index contributed by atoms with van der Waals surface area (Å²) in [6.07, 6.45) is 0. The molecule has 0 bridgehead atoms. The second kappa shape index (κ2) is 7.48. The van der Waals surface area contributed by atoms with E-state index in [0.717, 1.165) is 28.6 Å². The van der Waals surface area contributed by atoms with Crippen molar-refractivity contribution in [3.8, 4) is 11.4 Å². The average Bonchev–Trinajstić information content (AvgIpc) is 2.96. The summed E-state index contributed by atoms with van der Waals surface area (Å²) in [5.41, 5.74) is 0.302. The maximum Gasteiger partial charge on any atom is 0.234 e. The van der Waals surface area contributed by atoms with E-state index < -0.39 is 23.4 Å². The molecule has 26 heavy (non-hydrogen) atoms. The number of nitrogens with two attached hydrogens (primary N) is 1. The average molecular weight is 379 g/mol. The maximum absolute atomic E-state index is 13.5. The zero-order valence-corrected chi connectivity index (χ0v) is 13.9. The van der Waals surface area contributed by atoms with E-state index in [1.807, 2.05) is 0 Å². The SMILES string of the molecule is Nn1c(SCC(=O)Nc2ccc(F)cc2F)nnc1-c1cccc(F)c1. The Bertz CT molecular complexity index is 963. The number of amides is 1. The first-order valence-electron chi connectivity index (χ1n) is 7.28. The van der Waals surface area contributed by atoms with Crippen molar-refractivity contribution in [1.29, 1.82) is 0 Å². The fourth-order valence-electron chi connectivity index (χ4n) is 2.11. The number of rotatable bonds is 5. The van der Waals surface area contributed by atoms with Crippen molar-refractivity contribution in [3.63, 3.8) is 0 Å². The number of hydrogen-bond acceptors (Lipinski definition) is 5. The van der Waals surface area contributed by atoms with Gasteiger partial charge >= 0.3 is 0 Å². The smallest absolute Gasteiger partial charge is 0.234 e. The van der Waals surface area contributed by atoms with Crippen molar-refractivity contribution in [2.75, 3.05) is 16.9 Å². The van der Waals surface area contributed by atoms with Crippen LogP contribution in [0.5, 0.6) is 0 Å². The lowest BCUT2D eigenvalue weighted by atomic mass is 10.2. The van der Waals surface area contributed by atoms with Gasteiger partial charge in [-0.2, -0.15) is 0 Å². The lowest BCUT2D eigenvalue weighted by molar-refractivity contribution is -0.113. The molecule has 0 fully saturated rings. The standard InChI is InChI=1S/C16H12F3N5OS/c17-10-3-1-2-9(6-10)15-22-23-16(24(15)20)26-8-14(25)21-13-5-4-11(18)7-12(13)19/h1-7H,8,20H2,(H,21,25). The quantitative estimate of drug-likeness (QED) is 0.526.